The molecule has 27 heavy (non-hydrogen) atoms. The first-order valence-corrected chi connectivity index (χ1v) is 9.10. The summed E-state index contributed by atoms with van der Waals surface area (Å²) in [6, 6.07) is 7.04. The van der Waals surface area contributed by atoms with Gasteiger partial charge in [-0.2, -0.15) is 0 Å². The molecular weight excluding hydrogens is 368 g/mol. The minimum Gasteiger partial charge on any atom is -0.497 e. The van der Waals surface area contributed by atoms with E-state index < -0.39 is 0 Å². The Labute approximate surface area is 160 Å². The van der Waals surface area contributed by atoms with Gasteiger partial charge in [-0.05, 0) is 13.0 Å². The summed E-state index contributed by atoms with van der Waals surface area (Å²) in [5.74, 6) is 2.69. The topological polar surface area (TPSA) is 91.4 Å². The summed E-state index contributed by atoms with van der Waals surface area (Å²) >= 11 is 1.30. The van der Waals surface area contributed by atoms with Crippen molar-refractivity contribution in [2.75, 3.05) is 25.3 Å². The van der Waals surface area contributed by atoms with Crippen LogP contribution in [0.4, 0.5) is 5.69 Å². The van der Waals surface area contributed by atoms with Gasteiger partial charge in [-0.25, -0.2) is 0 Å². The molecule has 1 N–H and O–H groups in total. The number of furan rings is 1. The number of aryl methyl sites for hydroxylation is 1. The third-order valence-corrected chi connectivity index (χ3v) is 4.92. The second-order valence-electron chi connectivity index (χ2n) is 5.69. The van der Waals surface area contributed by atoms with Crippen LogP contribution in [0.1, 0.15) is 5.76 Å². The summed E-state index contributed by atoms with van der Waals surface area (Å²) in [6.45, 7) is 1.87. The van der Waals surface area contributed by atoms with E-state index in [1.807, 2.05) is 24.6 Å². The van der Waals surface area contributed by atoms with Gasteiger partial charge in [0, 0.05) is 30.9 Å². The van der Waals surface area contributed by atoms with Crippen LogP contribution in [-0.4, -0.2) is 40.6 Å². The van der Waals surface area contributed by atoms with E-state index in [2.05, 4.69) is 15.5 Å². The SMILES string of the molecule is COc1cc(NC(=O)CSc2nnc(-c3ccoc3C)n2C)cc(OC)c1. The van der Waals surface area contributed by atoms with Crippen LogP contribution in [0.3, 0.4) is 0 Å². The number of methoxy groups -OCH3 is 2. The van der Waals surface area contributed by atoms with Crippen LogP contribution in [0, 0.1) is 6.92 Å². The van der Waals surface area contributed by atoms with Gasteiger partial charge in [0.15, 0.2) is 11.0 Å². The van der Waals surface area contributed by atoms with Crippen LogP contribution in [0.15, 0.2) is 40.1 Å². The van der Waals surface area contributed by atoms with E-state index in [0.717, 1.165) is 11.3 Å². The summed E-state index contributed by atoms with van der Waals surface area (Å²) in [7, 11) is 4.97. The van der Waals surface area contributed by atoms with Crippen LogP contribution in [0.25, 0.3) is 11.4 Å². The number of carbonyl (C=O) groups excluding carboxylic acids is 1. The van der Waals surface area contributed by atoms with Gasteiger partial charge in [0.1, 0.15) is 17.3 Å². The van der Waals surface area contributed by atoms with E-state index in [1.165, 1.54) is 11.8 Å². The Morgan fingerprint density at radius 3 is 2.52 bits per heavy atom. The number of nitrogens with zero attached hydrogens (tertiary/aromatic N) is 3. The molecule has 3 rings (SSSR count). The normalized spacial score (nSPS) is 10.7. The molecule has 2 aromatic heterocycles. The van der Waals surface area contributed by atoms with E-state index in [-0.39, 0.29) is 11.7 Å². The first-order valence-electron chi connectivity index (χ1n) is 8.11. The molecule has 0 saturated carbocycles. The first kappa shape index (κ1) is 18.8. The molecule has 0 aliphatic rings. The summed E-state index contributed by atoms with van der Waals surface area (Å²) in [4.78, 5) is 12.3. The number of hydrogen-bond acceptors (Lipinski definition) is 7. The fourth-order valence-electron chi connectivity index (χ4n) is 2.50. The Balaban J connectivity index is 1.65. The molecule has 1 amide bonds. The number of rotatable bonds is 7. The van der Waals surface area contributed by atoms with E-state index in [0.29, 0.717) is 28.2 Å². The van der Waals surface area contributed by atoms with Gasteiger partial charge in [-0.1, -0.05) is 11.8 Å². The van der Waals surface area contributed by atoms with Gasteiger partial charge >= 0.3 is 0 Å². The fraction of sp³-hybridized carbons (Fsp3) is 0.278. The van der Waals surface area contributed by atoms with Crippen molar-refractivity contribution in [2.45, 2.75) is 12.1 Å². The van der Waals surface area contributed by atoms with E-state index in [9.17, 15) is 4.79 Å². The Hall–Kier alpha value is -2.94. The third-order valence-electron chi connectivity index (χ3n) is 3.90. The van der Waals surface area contributed by atoms with Crippen molar-refractivity contribution in [3.8, 4) is 22.9 Å². The Morgan fingerprint density at radius 1 is 1.22 bits per heavy atom. The lowest BCUT2D eigenvalue weighted by molar-refractivity contribution is -0.113. The Bertz CT molecular complexity index is 928. The van der Waals surface area contributed by atoms with E-state index in [1.54, 1.807) is 38.7 Å². The summed E-state index contributed by atoms with van der Waals surface area (Å²) in [5.41, 5.74) is 1.48. The molecule has 0 radical (unpaired) electrons. The zero-order valence-corrected chi connectivity index (χ0v) is 16.3. The Morgan fingerprint density at radius 2 is 1.93 bits per heavy atom. The maximum Gasteiger partial charge on any atom is 0.234 e. The van der Waals surface area contributed by atoms with Crippen LogP contribution in [0.5, 0.6) is 11.5 Å². The van der Waals surface area contributed by atoms with E-state index >= 15 is 0 Å². The van der Waals surface area contributed by atoms with Crippen molar-refractivity contribution in [3.63, 3.8) is 0 Å². The molecule has 9 heteroatoms. The van der Waals surface area contributed by atoms with Crippen molar-refractivity contribution in [3.05, 3.63) is 36.3 Å². The van der Waals surface area contributed by atoms with Gasteiger partial charge < -0.3 is 23.8 Å². The molecule has 0 fully saturated rings. The number of carbonyl (C=O) groups is 1. The second kappa shape index (κ2) is 8.17. The third kappa shape index (κ3) is 4.25. The first-order chi connectivity index (χ1) is 13.0. The van der Waals surface area contributed by atoms with Gasteiger partial charge in [0.25, 0.3) is 0 Å². The maximum absolute atomic E-state index is 12.3. The van der Waals surface area contributed by atoms with E-state index in [4.69, 9.17) is 13.9 Å². The summed E-state index contributed by atoms with van der Waals surface area (Å²) in [6.07, 6.45) is 1.61. The predicted octanol–water partition coefficient (Wildman–Crippen LogP) is 3.13. The average molecular weight is 388 g/mol. The number of hydrogen-bond donors (Lipinski definition) is 1. The summed E-state index contributed by atoms with van der Waals surface area (Å²) < 4.78 is 17.6. The molecule has 0 unspecified atom stereocenters. The highest BCUT2D eigenvalue weighted by Gasteiger charge is 2.16. The lowest BCUT2D eigenvalue weighted by Crippen LogP contribution is -2.14. The van der Waals surface area contributed by atoms with Crippen LogP contribution in [0.2, 0.25) is 0 Å². The van der Waals surface area contributed by atoms with Crippen molar-refractivity contribution in [1.82, 2.24) is 14.8 Å². The maximum atomic E-state index is 12.3. The number of ether oxygens (including phenoxy) is 2. The fourth-order valence-corrected chi connectivity index (χ4v) is 3.21. The molecule has 142 valence electrons. The largest absolute Gasteiger partial charge is 0.497 e. The zero-order chi connectivity index (χ0) is 19.4. The van der Waals surface area contributed by atoms with Gasteiger partial charge in [0.2, 0.25) is 5.91 Å². The molecule has 0 saturated heterocycles. The highest BCUT2D eigenvalue weighted by Crippen LogP contribution is 2.27. The van der Waals surface area contributed by atoms with Crippen LogP contribution >= 0.6 is 11.8 Å². The van der Waals surface area contributed by atoms with Crippen LogP contribution in [-0.2, 0) is 11.8 Å². The minimum atomic E-state index is -0.167. The molecule has 0 bridgehead atoms. The molecular formula is C18H20N4O4S. The van der Waals surface area contributed by atoms with Gasteiger partial charge in [0.05, 0.1) is 31.8 Å². The van der Waals surface area contributed by atoms with Gasteiger partial charge in [-0.3, -0.25) is 4.79 Å². The molecule has 0 spiro atoms. The number of benzene rings is 1. The molecule has 8 nitrogen and oxygen atoms in total. The quantitative estimate of drug-likeness (QED) is 0.622. The number of thioether (sulfide) groups is 1. The molecule has 0 aliphatic heterocycles. The second-order valence-corrected chi connectivity index (χ2v) is 6.64. The standard InChI is InChI=1S/C18H20N4O4S/c1-11-15(5-6-26-11)17-20-21-18(22(17)2)27-10-16(23)19-12-7-13(24-3)9-14(8-12)25-4/h5-9H,10H2,1-4H3,(H,19,23). The van der Waals surface area contributed by atoms with Crippen molar-refractivity contribution < 1.29 is 18.7 Å². The predicted molar refractivity (Wildman–Crippen MR) is 102 cm³/mol. The molecule has 2 heterocycles. The highest BCUT2D eigenvalue weighted by atomic mass is 32.2. The summed E-state index contributed by atoms with van der Waals surface area (Å²) in [5, 5.41) is 11.8. The number of amides is 1. The lowest BCUT2D eigenvalue weighted by atomic mass is 10.2. The zero-order valence-electron chi connectivity index (χ0n) is 15.5. The molecule has 0 atom stereocenters. The number of nitrogens with one attached hydrogen (secondary N) is 1. The average Bonchev–Trinajstić information content (AvgIpc) is 3.24. The van der Waals surface area contributed by atoms with Crippen molar-refractivity contribution in [2.24, 2.45) is 7.05 Å². The monoisotopic (exact) mass is 388 g/mol. The smallest absolute Gasteiger partial charge is 0.234 e. The molecule has 3 aromatic rings. The molecule has 1 aromatic carbocycles. The number of anilines is 1. The van der Waals surface area contributed by atoms with Crippen molar-refractivity contribution in [1.29, 1.82) is 0 Å². The number of aromatic nitrogens is 3. The van der Waals surface area contributed by atoms with Crippen molar-refractivity contribution >= 4 is 23.4 Å². The Kier molecular flexibility index (Phi) is 5.70. The van der Waals surface area contributed by atoms with Crippen LogP contribution < -0.4 is 14.8 Å². The highest BCUT2D eigenvalue weighted by molar-refractivity contribution is 7.99. The van der Waals surface area contributed by atoms with Gasteiger partial charge in [-0.15, -0.1) is 10.2 Å². The lowest BCUT2D eigenvalue weighted by Gasteiger charge is -2.09. The minimum absolute atomic E-state index is 0.167. The molecule has 0 aliphatic carbocycles.